The normalized spacial score (nSPS) is 18.2. The van der Waals surface area contributed by atoms with Crippen molar-refractivity contribution in [2.24, 2.45) is 0 Å². The first kappa shape index (κ1) is 22.9. The topological polar surface area (TPSA) is 95.6 Å². The largest absolute Gasteiger partial charge is 0.349 e. The number of carbonyl (C=O) groups is 4. The van der Waals surface area contributed by atoms with Gasteiger partial charge in [0.05, 0.1) is 0 Å². The molecule has 1 atom stereocenters. The SMILES string of the molecule is [B]c1c(CNC(=O)C(F)(F)c2ccc(Cl)cc2)ccc2c1CN(C1CCC(=O)NC1=O)C2=O. The Balaban J connectivity index is 1.48. The monoisotopic (exact) mass is 471 g/mol. The summed E-state index contributed by atoms with van der Waals surface area (Å²) in [5, 5.41) is 4.66. The second-order valence-corrected chi connectivity index (χ2v) is 8.26. The smallest absolute Gasteiger partial charge is 0.346 e. The molecule has 2 aromatic rings. The van der Waals surface area contributed by atoms with Crippen LogP contribution in [0.4, 0.5) is 8.78 Å². The van der Waals surface area contributed by atoms with Gasteiger partial charge >= 0.3 is 5.92 Å². The van der Waals surface area contributed by atoms with E-state index in [0.29, 0.717) is 16.7 Å². The van der Waals surface area contributed by atoms with Crippen molar-refractivity contribution < 1.29 is 28.0 Å². The van der Waals surface area contributed by atoms with Gasteiger partial charge in [0.15, 0.2) is 0 Å². The number of rotatable bonds is 5. The second-order valence-electron chi connectivity index (χ2n) is 7.83. The average Bonchev–Trinajstić information content (AvgIpc) is 3.10. The van der Waals surface area contributed by atoms with Crippen LogP contribution < -0.4 is 16.1 Å². The Kier molecular flexibility index (Phi) is 5.96. The molecule has 0 aliphatic carbocycles. The molecule has 7 nitrogen and oxygen atoms in total. The summed E-state index contributed by atoms with van der Waals surface area (Å²) in [4.78, 5) is 49.8. The summed E-state index contributed by atoms with van der Waals surface area (Å²) < 4.78 is 29.0. The standard InChI is InChI=1S/C22H17BClF2N3O4/c23-18-11(9-27-21(33)22(25,26)12-2-4-13(24)5-3-12)1-6-14-15(18)10-29(20(14)32)16-7-8-17(30)28-19(16)31/h1-6,16H,7-10H2,(H,27,33)(H,28,30,31). The van der Waals surface area contributed by atoms with E-state index in [0.717, 1.165) is 12.1 Å². The van der Waals surface area contributed by atoms with E-state index in [9.17, 15) is 28.0 Å². The molecule has 2 aliphatic rings. The number of hydrogen-bond donors (Lipinski definition) is 2. The lowest BCUT2D eigenvalue weighted by Crippen LogP contribution is -2.52. The number of imide groups is 1. The first-order valence-electron chi connectivity index (χ1n) is 10.1. The van der Waals surface area contributed by atoms with Crippen molar-refractivity contribution in [2.75, 3.05) is 0 Å². The van der Waals surface area contributed by atoms with Gasteiger partial charge in [0.2, 0.25) is 11.8 Å². The van der Waals surface area contributed by atoms with E-state index in [1.54, 1.807) is 0 Å². The van der Waals surface area contributed by atoms with Crippen LogP contribution in [0.5, 0.6) is 0 Å². The van der Waals surface area contributed by atoms with Crippen molar-refractivity contribution in [1.29, 1.82) is 0 Å². The quantitative estimate of drug-likeness (QED) is 0.508. The van der Waals surface area contributed by atoms with E-state index in [-0.39, 0.29) is 36.4 Å². The van der Waals surface area contributed by atoms with Gasteiger partial charge in [-0.2, -0.15) is 8.78 Å². The van der Waals surface area contributed by atoms with Gasteiger partial charge in [0, 0.05) is 35.7 Å². The zero-order chi connectivity index (χ0) is 23.9. The molecule has 2 aliphatic heterocycles. The summed E-state index contributed by atoms with van der Waals surface area (Å²) in [5.74, 6) is -6.65. The number of carbonyl (C=O) groups excluding carboxylic acids is 4. The maximum atomic E-state index is 14.5. The molecule has 1 fully saturated rings. The molecule has 1 unspecified atom stereocenters. The lowest BCUT2D eigenvalue weighted by Gasteiger charge is -2.29. The third-order valence-electron chi connectivity index (χ3n) is 5.78. The Hall–Kier alpha value is -3.27. The Morgan fingerprint density at radius 3 is 2.55 bits per heavy atom. The molecular formula is C22H17BClF2N3O4. The van der Waals surface area contributed by atoms with Crippen molar-refractivity contribution in [3.8, 4) is 0 Å². The highest BCUT2D eigenvalue weighted by molar-refractivity contribution is 6.35. The summed E-state index contributed by atoms with van der Waals surface area (Å²) in [6.45, 7) is -0.247. The number of nitrogens with one attached hydrogen (secondary N) is 2. The van der Waals surface area contributed by atoms with E-state index < -0.39 is 41.2 Å². The predicted molar refractivity (Wildman–Crippen MR) is 115 cm³/mol. The molecule has 2 heterocycles. The fourth-order valence-corrected chi connectivity index (χ4v) is 4.07. The highest BCUT2D eigenvalue weighted by Gasteiger charge is 2.41. The molecule has 2 N–H and O–H groups in total. The molecule has 0 saturated carbocycles. The van der Waals surface area contributed by atoms with Crippen LogP contribution in [0.25, 0.3) is 0 Å². The maximum Gasteiger partial charge on any atom is 0.349 e. The van der Waals surface area contributed by atoms with Crippen LogP contribution in [0, 0.1) is 0 Å². The van der Waals surface area contributed by atoms with Crippen molar-refractivity contribution in [1.82, 2.24) is 15.5 Å². The molecule has 0 spiro atoms. The summed E-state index contributed by atoms with van der Waals surface area (Å²) in [6, 6.07) is 6.83. The molecule has 1 saturated heterocycles. The average molecular weight is 472 g/mol. The van der Waals surface area contributed by atoms with Crippen LogP contribution in [0.2, 0.25) is 5.02 Å². The van der Waals surface area contributed by atoms with Crippen LogP contribution in [0.3, 0.4) is 0 Å². The lowest BCUT2D eigenvalue weighted by atomic mass is 9.84. The molecule has 4 rings (SSSR count). The third kappa shape index (κ3) is 4.22. The number of benzene rings is 2. The summed E-state index contributed by atoms with van der Waals surface area (Å²) >= 11 is 5.71. The number of alkyl halides is 2. The number of halogens is 3. The van der Waals surface area contributed by atoms with E-state index in [4.69, 9.17) is 19.4 Å². The first-order chi connectivity index (χ1) is 15.6. The van der Waals surface area contributed by atoms with Gasteiger partial charge in [-0.3, -0.25) is 24.5 Å². The van der Waals surface area contributed by atoms with Gasteiger partial charge in [-0.05, 0) is 35.7 Å². The predicted octanol–water partition coefficient (Wildman–Crippen LogP) is 1.30. The maximum absolute atomic E-state index is 14.5. The molecule has 2 aromatic carbocycles. The number of piperidine rings is 1. The zero-order valence-electron chi connectivity index (χ0n) is 17.2. The molecule has 33 heavy (non-hydrogen) atoms. The number of hydrogen-bond acceptors (Lipinski definition) is 4. The summed E-state index contributed by atoms with van der Waals surface area (Å²) in [7, 11) is 6.18. The molecular weight excluding hydrogens is 455 g/mol. The van der Waals surface area contributed by atoms with Crippen LogP contribution in [0.1, 0.15) is 39.9 Å². The molecule has 11 heteroatoms. The molecule has 0 bridgehead atoms. The van der Waals surface area contributed by atoms with Crippen LogP contribution >= 0.6 is 11.6 Å². The first-order valence-corrected chi connectivity index (χ1v) is 10.4. The van der Waals surface area contributed by atoms with E-state index in [1.165, 1.54) is 29.2 Å². The summed E-state index contributed by atoms with van der Waals surface area (Å²) in [5.41, 5.74) is 0.758. The van der Waals surface area contributed by atoms with Crippen molar-refractivity contribution in [3.05, 3.63) is 63.7 Å². The highest BCUT2D eigenvalue weighted by Crippen LogP contribution is 2.30. The molecule has 0 aromatic heterocycles. The van der Waals surface area contributed by atoms with Crippen LogP contribution in [0.15, 0.2) is 36.4 Å². The number of amides is 4. The lowest BCUT2D eigenvalue weighted by molar-refractivity contribution is -0.147. The van der Waals surface area contributed by atoms with E-state index >= 15 is 0 Å². The van der Waals surface area contributed by atoms with E-state index in [2.05, 4.69) is 10.6 Å². The van der Waals surface area contributed by atoms with Gasteiger partial charge in [-0.25, -0.2) is 0 Å². The van der Waals surface area contributed by atoms with Gasteiger partial charge in [-0.15, -0.1) is 0 Å². The van der Waals surface area contributed by atoms with Crippen LogP contribution in [-0.2, 0) is 33.4 Å². The van der Waals surface area contributed by atoms with Crippen LogP contribution in [-0.4, -0.2) is 42.4 Å². The van der Waals surface area contributed by atoms with Gasteiger partial charge < -0.3 is 10.2 Å². The molecule has 4 amide bonds. The third-order valence-corrected chi connectivity index (χ3v) is 6.04. The fourth-order valence-electron chi connectivity index (χ4n) is 3.94. The zero-order valence-corrected chi connectivity index (χ0v) is 17.9. The number of nitrogens with zero attached hydrogens (tertiary/aromatic N) is 1. The van der Waals surface area contributed by atoms with Gasteiger partial charge in [0.1, 0.15) is 13.9 Å². The summed E-state index contributed by atoms with van der Waals surface area (Å²) in [6.07, 6.45) is 0.318. The minimum atomic E-state index is -3.78. The van der Waals surface area contributed by atoms with Gasteiger partial charge in [-0.1, -0.05) is 35.3 Å². The Morgan fingerprint density at radius 2 is 1.88 bits per heavy atom. The Labute approximate surface area is 193 Å². The van der Waals surface area contributed by atoms with Crippen molar-refractivity contribution >= 4 is 48.5 Å². The highest BCUT2D eigenvalue weighted by atomic mass is 35.5. The Morgan fingerprint density at radius 1 is 1.18 bits per heavy atom. The fraction of sp³-hybridized carbons (Fsp3) is 0.273. The minimum Gasteiger partial charge on any atom is -0.346 e. The van der Waals surface area contributed by atoms with E-state index in [1.807, 2.05) is 0 Å². The molecule has 168 valence electrons. The Bertz CT molecular complexity index is 1170. The van der Waals surface area contributed by atoms with Crippen molar-refractivity contribution in [2.45, 2.75) is 37.9 Å². The second kappa shape index (κ2) is 8.59. The van der Waals surface area contributed by atoms with Crippen molar-refractivity contribution in [3.63, 3.8) is 0 Å². The molecule has 2 radical (unpaired) electrons. The van der Waals surface area contributed by atoms with Gasteiger partial charge in [0.25, 0.3) is 11.8 Å². The minimum absolute atomic E-state index is 0.0367. The number of fused-ring (bicyclic) bond motifs is 1.